The summed E-state index contributed by atoms with van der Waals surface area (Å²) >= 11 is 0. The first-order valence-corrected chi connectivity index (χ1v) is 17.5. The summed E-state index contributed by atoms with van der Waals surface area (Å²) in [5, 5.41) is 7.40. The fourth-order valence-electron chi connectivity index (χ4n) is 7.88. The third kappa shape index (κ3) is 4.84. The van der Waals surface area contributed by atoms with E-state index in [1.54, 1.807) is 0 Å². The summed E-state index contributed by atoms with van der Waals surface area (Å²) in [4.78, 5) is 5.20. The quantitative estimate of drug-likeness (QED) is 0.170. The van der Waals surface area contributed by atoms with Crippen LogP contribution >= 0.6 is 0 Å². The molecular weight excluding hydrogens is 617 g/mol. The lowest BCUT2D eigenvalue weighted by atomic mass is 9.85. The molecule has 0 amide bonds. The lowest BCUT2D eigenvalue weighted by Gasteiger charge is -2.18. The highest BCUT2D eigenvalue weighted by atomic mass is 15.1. The van der Waals surface area contributed by atoms with E-state index < -0.39 is 0 Å². The highest BCUT2D eigenvalue weighted by molar-refractivity contribution is 6.21. The molecule has 0 aliphatic rings. The van der Waals surface area contributed by atoms with Crippen molar-refractivity contribution in [2.24, 2.45) is 0 Å². The molecule has 0 N–H and O–H groups in total. The third-order valence-corrected chi connectivity index (χ3v) is 10.2. The number of imidazole rings is 1. The maximum absolute atomic E-state index is 5.20. The van der Waals surface area contributed by atoms with E-state index in [0.29, 0.717) is 0 Å². The Balaban J connectivity index is 1.14. The van der Waals surface area contributed by atoms with E-state index in [1.807, 2.05) is 0 Å². The SMILES string of the molecule is c1ccc(-c2ccc(-c3c4ccccc4c(-c4ccc(-n5c(-c6cccc7ccccc67)nc6ccccc65)cc4)c4ccccc34)cc2)cc1. The maximum atomic E-state index is 5.20. The van der Waals surface area contributed by atoms with E-state index in [2.05, 4.69) is 199 Å². The zero-order chi connectivity index (χ0) is 33.7. The Labute approximate surface area is 296 Å². The van der Waals surface area contributed by atoms with Gasteiger partial charge in [-0.2, -0.15) is 0 Å². The standard InChI is InChI=1S/C49H32N2/c1-2-13-33(14-3-1)34-25-27-36(28-26-34)47-40-18-6-8-20-42(40)48(43-21-9-7-19-41(43)47)37-29-31-38(32-30-37)51-46-24-11-10-23-45(46)50-49(51)44-22-12-16-35-15-4-5-17-39(35)44/h1-32H. The number of para-hydroxylation sites is 2. The van der Waals surface area contributed by atoms with Gasteiger partial charge in [-0.1, -0.05) is 170 Å². The van der Waals surface area contributed by atoms with Gasteiger partial charge in [-0.25, -0.2) is 4.98 Å². The molecular formula is C49H32N2. The van der Waals surface area contributed by atoms with Gasteiger partial charge in [-0.05, 0) is 90.0 Å². The number of nitrogens with zero attached hydrogens (tertiary/aromatic N) is 2. The van der Waals surface area contributed by atoms with Crippen molar-refractivity contribution >= 4 is 43.4 Å². The first-order valence-electron chi connectivity index (χ1n) is 17.5. The van der Waals surface area contributed by atoms with Gasteiger partial charge < -0.3 is 0 Å². The molecule has 0 fully saturated rings. The number of fused-ring (bicyclic) bond motifs is 4. The summed E-state index contributed by atoms with van der Waals surface area (Å²) in [5.74, 6) is 0.944. The molecule has 0 saturated heterocycles. The Bertz CT molecular complexity index is 2820. The van der Waals surface area contributed by atoms with Gasteiger partial charge in [-0.3, -0.25) is 4.57 Å². The van der Waals surface area contributed by atoms with Crippen LogP contribution in [0.25, 0.3) is 93.8 Å². The minimum Gasteiger partial charge on any atom is -0.292 e. The molecule has 10 aromatic rings. The van der Waals surface area contributed by atoms with Crippen LogP contribution in [0.4, 0.5) is 0 Å². The molecule has 51 heavy (non-hydrogen) atoms. The van der Waals surface area contributed by atoms with E-state index in [9.17, 15) is 0 Å². The Hall–Kier alpha value is -6.77. The van der Waals surface area contributed by atoms with Crippen molar-refractivity contribution in [1.82, 2.24) is 9.55 Å². The van der Waals surface area contributed by atoms with Gasteiger partial charge in [-0.15, -0.1) is 0 Å². The molecule has 0 aliphatic carbocycles. The van der Waals surface area contributed by atoms with Gasteiger partial charge in [0.05, 0.1) is 11.0 Å². The van der Waals surface area contributed by atoms with E-state index in [0.717, 1.165) is 28.1 Å². The molecule has 10 rings (SSSR count). The average molecular weight is 649 g/mol. The molecule has 2 nitrogen and oxygen atoms in total. The van der Waals surface area contributed by atoms with Crippen LogP contribution in [0.15, 0.2) is 194 Å². The molecule has 0 spiro atoms. The molecule has 9 aromatic carbocycles. The van der Waals surface area contributed by atoms with Crippen molar-refractivity contribution in [2.75, 3.05) is 0 Å². The Kier molecular flexibility index (Phi) is 6.85. The monoisotopic (exact) mass is 648 g/mol. The zero-order valence-corrected chi connectivity index (χ0v) is 27.9. The smallest absolute Gasteiger partial charge is 0.146 e. The van der Waals surface area contributed by atoms with Crippen molar-refractivity contribution in [1.29, 1.82) is 0 Å². The van der Waals surface area contributed by atoms with E-state index in [1.165, 1.54) is 65.7 Å². The van der Waals surface area contributed by atoms with Crippen molar-refractivity contribution in [3.63, 3.8) is 0 Å². The van der Waals surface area contributed by atoms with Crippen LogP contribution in [0, 0.1) is 0 Å². The van der Waals surface area contributed by atoms with Crippen LogP contribution in [-0.4, -0.2) is 9.55 Å². The van der Waals surface area contributed by atoms with Gasteiger partial charge in [0.15, 0.2) is 0 Å². The fraction of sp³-hybridized carbons (Fsp3) is 0. The predicted molar refractivity (Wildman–Crippen MR) is 215 cm³/mol. The number of benzene rings is 9. The van der Waals surface area contributed by atoms with Crippen molar-refractivity contribution in [3.8, 4) is 50.5 Å². The molecule has 0 atom stereocenters. The minimum absolute atomic E-state index is 0.944. The molecule has 238 valence electrons. The second-order valence-corrected chi connectivity index (χ2v) is 13.1. The van der Waals surface area contributed by atoms with Gasteiger partial charge in [0.25, 0.3) is 0 Å². The van der Waals surface area contributed by atoms with Crippen LogP contribution in [-0.2, 0) is 0 Å². The topological polar surface area (TPSA) is 17.8 Å². The van der Waals surface area contributed by atoms with Gasteiger partial charge >= 0.3 is 0 Å². The van der Waals surface area contributed by atoms with Crippen LogP contribution in [0.3, 0.4) is 0 Å². The second-order valence-electron chi connectivity index (χ2n) is 13.1. The second kappa shape index (κ2) is 12.0. The minimum atomic E-state index is 0.944. The Morgan fingerprint density at radius 2 is 0.804 bits per heavy atom. The molecule has 0 aliphatic heterocycles. The molecule has 0 radical (unpaired) electrons. The third-order valence-electron chi connectivity index (χ3n) is 10.2. The van der Waals surface area contributed by atoms with E-state index in [4.69, 9.17) is 4.98 Å². The summed E-state index contributed by atoms with van der Waals surface area (Å²) in [6.07, 6.45) is 0. The number of hydrogen-bond donors (Lipinski definition) is 0. The summed E-state index contributed by atoms with van der Waals surface area (Å²) in [7, 11) is 0. The average Bonchev–Trinajstić information content (AvgIpc) is 3.60. The molecule has 1 aromatic heterocycles. The van der Waals surface area contributed by atoms with Gasteiger partial charge in [0.2, 0.25) is 0 Å². The molecule has 0 unspecified atom stereocenters. The largest absolute Gasteiger partial charge is 0.292 e. The van der Waals surface area contributed by atoms with Crippen LogP contribution < -0.4 is 0 Å². The van der Waals surface area contributed by atoms with E-state index in [-0.39, 0.29) is 0 Å². The summed E-state index contributed by atoms with van der Waals surface area (Å²) < 4.78 is 2.30. The van der Waals surface area contributed by atoms with Gasteiger partial charge in [0, 0.05) is 11.3 Å². The van der Waals surface area contributed by atoms with Crippen molar-refractivity contribution < 1.29 is 0 Å². The number of aromatic nitrogens is 2. The summed E-state index contributed by atoms with van der Waals surface area (Å²) in [5.41, 5.74) is 11.7. The van der Waals surface area contributed by atoms with Crippen LogP contribution in [0.1, 0.15) is 0 Å². The fourth-order valence-corrected chi connectivity index (χ4v) is 7.88. The molecule has 1 heterocycles. The maximum Gasteiger partial charge on any atom is 0.146 e. The zero-order valence-electron chi connectivity index (χ0n) is 27.9. The predicted octanol–water partition coefficient (Wildman–Crippen LogP) is 13.2. The highest BCUT2D eigenvalue weighted by Crippen LogP contribution is 2.44. The lowest BCUT2D eigenvalue weighted by Crippen LogP contribution is -1.98. The van der Waals surface area contributed by atoms with Crippen molar-refractivity contribution in [3.05, 3.63) is 194 Å². The first-order chi connectivity index (χ1) is 25.3. The van der Waals surface area contributed by atoms with Crippen LogP contribution in [0.2, 0.25) is 0 Å². The number of hydrogen-bond acceptors (Lipinski definition) is 1. The molecule has 0 bridgehead atoms. The first kappa shape index (κ1) is 29.2. The molecule has 0 saturated carbocycles. The van der Waals surface area contributed by atoms with Crippen LogP contribution in [0.5, 0.6) is 0 Å². The lowest BCUT2D eigenvalue weighted by molar-refractivity contribution is 1.11. The number of rotatable bonds is 5. The molecule has 2 heteroatoms. The normalized spacial score (nSPS) is 11.5. The van der Waals surface area contributed by atoms with Gasteiger partial charge in [0.1, 0.15) is 5.82 Å². The van der Waals surface area contributed by atoms with Crippen molar-refractivity contribution in [2.45, 2.75) is 0 Å². The Morgan fingerprint density at radius 1 is 0.333 bits per heavy atom. The Morgan fingerprint density at radius 3 is 1.45 bits per heavy atom. The highest BCUT2D eigenvalue weighted by Gasteiger charge is 2.19. The summed E-state index contributed by atoms with van der Waals surface area (Å²) in [6, 6.07) is 69.8. The van der Waals surface area contributed by atoms with E-state index >= 15 is 0 Å². The summed E-state index contributed by atoms with van der Waals surface area (Å²) in [6.45, 7) is 0.